The van der Waals surface area contributed by atoms with Crippen LogP contribution in [0.25, 0.3) is 0 Å². The normalized spacial score (nSPS) is 12.9. The second kappa shape index (κ2) is 5.32. The highest BCUT2D eigenvalue weighted by Crippen LogP contribution is 2.47. The Kier molecular flexibility index (Phi) is 4.86. The molecule has 0 saturated carbocycles. The molecule has 0 heterocycles. The van der Waals surface area contributed by atoms with Gasteiger partial charge in [0.1, 0.15) is 0 Å². The van der Waals surface area contributed by atoms with E-state index in [9.17, 15) is 49.1 Å². The number of allylic oxidation sites excluding steroid dienone is 1. The van der Waals surface area contributed by atoms with Crippen molar-refractivity contribution in [3.63, 3.8) is 0 Å². The van der Waals surface area contributed by atoms with E-state index in [0.29, 0.717) is 0 Å². The maximum absolute atomic E-state index is 12.8. The van der Waals surface area contributed by atoms with Crippen molar-refractivity contribution >= 4 is 11.8 Å². The molecule has 20 heavy (non-hydrogen) atoms. The van der Waals surface area contributed by atoms with E-state index in [-0.39, 0.29) is 7.11 Å². The third-order valence-electron chi connectivity index (χ3n) is 1.88. The third kappa shape index (κ3) is 2.58. The van der Waals surface area contributed by atoms with Crippen molar-refractivity contribution in [1.82, 2.24) is 0 Å². The van der Waals surface area contributed by atoms with Gasteiger partial charge in [0, 0.05) is 0 Å². The van der Waals surface area contributed by atoms with Crippen LogP contribution in [-0.4, -0.2) is 36.6 Å². The number of esters is 1. The SMILES string of the molecule is COC(=O)C(F)(F)C(F)(F)C(F)(F)C(=O)C(F)=C(F)F. The average molecular weight is 318 g/mol. The molecule has 0 rings (SSSR count). The van der Waals surface area contributed by atoms with Gasteiger partial charge in [0.15, 0.2) is 0 Å². The predicted molar refractivity (Wildman–Crippen MR) is 42.2 cm³/mol. The molecule has 0 N–H and O–H groups in total. The van der Waals surface area contributed by atoms with Crippen LogP contribution in [0.3, 0.4) is 0 Å². The van der Waals surface area contributed by atoms with Crippen molar-refractivity contribution in [3.05, 3.63) is 11.9 Å². The Labute approximate surface area is 104 Å². The summed E-state index contributed by atoms with van der Waals surface area (Å²) in [6.45, 7) is 0. The Bertz CT molecular complexity index is 450. The van der Waals surface area contributed by atoms with Crippen molar-refractivity contribution < 1.29 is 53.8 Å². The van der Waals surface area contributed by atoms with Gasteiger partial charge in [-0.05, 0) is 0 Å². The first-order valence-corrected chi connectivity index (χ1v) is 4.22. The predicted octanol–water partition coefficient (Wildman–Crippen LogP) is 2.71. The van der Waals surface area contributed by atoms with E-state index >= 15 is 0 Å². The molecule has 0 aliphatic heterocycles. The molecule has 0 unspecified atom stereocenters. The van der Waals surface area contributed by atoms with Crippen molar-refractivity contribution in [3.8, 4) is 0 Å². The van der Waals surface area contributed by atoms with Gasteiger partial charge in [0.25, 0.3) is 5.78 Å². The van der Waals surface area contributed by atoms with Crippen LogP contribution in [0.2, 0.25) is 0 Å². The van der Waals surface area contributed by atoms with Gasteiger partial charge in [-0.1, -0.05) is 0 Å². The van der Waals surface area contributed by atoms with Crippen LogP contribution < -0.4 is 0 Å². The van der Waals surface area contributed by atoms with E-state index in [1.807, 2.05) is 0 Å². The Hall–Kier alpha value is -1.75. The molecule has 116 valence electrons. The van der Waals surface area contributed by atoms with Gasteiger partial charge < -0.3 is 4.74 Å². The summed E-state index contributed by atoms with van der Waals surface area (Å²) in [5.74, 6) is -30.4. The van der Waals surface area contributed by atoms with Crippen LogP contribution in [-0.2, 0) is 14.3 Å². The van der Waals surface area contributed by atoms with Gasteiger partial charge in [-0.25, -0.2) is 4.79 Å². The molecule has 0 spiro atoms. The molecule has 0 atom stereocenters. The molecule has 0 radical (unpaired) electrons. The summed E-state index contributed by atoms with van der Waals surface area (Å²) in [5, 5.41) is 0. The number of rotatable bonds is 5. The number of hydrogen-bond donors (Lipinski definition) is 0. The molecule has 0 aromatic heterocycles. The minimum Gasteiger partial charge on any atom is -0.464 e. The molecular formula is C8H3F9O3. The van der Waals surface area contributed by atoms with Gasteiger partial charge >= 0.3 is 29.8 Å². The molecule has 0 bridgehead atoms. The minimum atomic E-state index is -6.79. The lowest BCUT2D eigenvalue weighted by molar-refractivity contribution is -0.292. The number of ether oxygens (including phenoxy) is 1. The summed E-state index contributed by atoms with van der Waals surface area (Å²) in [6, 6.07) is 0. The summed E-state index contributed by atoms with van der Waals surface area (Å²) < 4.78 is 115. The second-order valence-corrected chi connectivity index (χ2v) is 3.12. The number of Topliss-reactive ketones (excluding diaryl/α,β-unsaturated/α-hetero) is 1. The topological polar surface area (TPSA) is 43.4 Å². The first-order valence-electron chi connectivity index (χ1n) is 4.22. The zero-order valence-electron chi connectivity index (χ0n) is 9.13. The van der Waals surface area contributed by atoms with E-state index in [1.54, 1.807) is 0 Å². The zero-order valence-corrected chi connectivity index (χ0v) is 9.13. The van der Waals surface area contributed by atoms with Crippen LogP contribution >= 0.6 is 0 Å². The highest BCUT2D eigenvalue weighted by molar-refractivity contribution is 6.00. The van der Waals surface area contributed by atoms with Crippen LogP contribution in [0.1, 0.15) is 0 Å². The third-order valence-corrected chi connectivity index (χ3v) is 1.88. The number of hydrogen-bond acceptors (Lipinski definition) is 3. The van der Waals surface area contributed by atoms with Gasteiger partial charge in [-0.15, -0.1) is 0 Å². The van der Waals surface area contributed by atoms with E-state index < -0.39 is 41.4 Å². The lowest BCUT2D eigenvalue weighted by Crippen LogP contribution is -2.61. The Morgan fingerprint density at radius 3 is 1.55 bits per heavy atom. The Morgan fingerprint density at radius 2 is 1.25 bits per heavy atom. The highest BCUT2D eigenvalue weighted by atomic mass is 19.3. The van der Waals surface area contributed by atoms with Gasteiger partial charge in [0.2, 0.25) is 5.83 Å². The fraction of sp³-hybridized carbons (Fsp3) is 0.500. The van der Waals surface area contributed by atoms with Gasteiger partial charge in [-0.3, -0.25) is 4.79 Å². The smallest absolute Gasteiger partial charge is 0.411 e. The Balaban J connectivity index is 5.88. The summed E-state index contributed by atoms with van der Waals surface area (Å²) >= 11 is 0. The second-order valence-electron chi connectivity index (χ2n) is 3.12. The van der Waals surface area contributed by atoms with Crippen LogP contribution in [0.5, 0.6) is 0 Å². The van der Waals surface area contributed by atoms with E-state index in [0.717, 1.165) is 0 Å². The van der Waals surface area contributed by atoms with E-state index in [4.69, 9.17) is 0 Å². The number of carbonyl (C=O) groups excluding carboxylic acids is 2. The van der Waals surface area contributed by atoms with Crippen molar-refractivity contribution in [2.24, 2.45) is 0 Å². The minimum absolute atomic E-state index is 0.133. The standard InChI is InChI=1S/C8H3F9O3/c1-20-5(19)7(14,15)8(16,17)6(12,13)3(18)2(9)4(10)11/h1H3. The van der Waals surface area contributed by atoms with Crippen LogP contribution in [0, 0.1) is 0 Å². The lowest BCUT2D eigenvalue weighted by atomic mass is 10.00. The highest BCUT2D eigenvalue weighted by Gasteiger charge is 2.79. The largest absolute Gasteiger partial charge is 0.464 e. The number of halogens is 9. The maximum Gasteiger partial charge on any atom is 0.411 e. The molecule has 0 saturated heterocycles. The molecule has 0 fully saturated rings. The fourth-order valence-electron chi connectivity index (χ4n) is 0.820. The van der Waals surface area contributed by atoms with Crippen molar-refractivity contribution in [2.75, 3.05) is 7.11 Å². The van der Waals surface area contributed by atoms with Gasteiger partial charge in [0.05, 0.1) is 7.11 Å². The number of methoxy groups -OCH3 is 1. The molecule has 0 amide bonds. The number of alkyl halides is 6. The van der Waals surface area contributed by atoms with E-state index in [1.165, 1.54) is 0 Å². The van der Waals surface area contributed by atoms with E-state index in [2.05, 4.69) is 4.74 Å². The lowest BCUT2D eigenvalue weighted by Gasteiger charge is -2.29. The maximum atomic E-state index is 12.8. The average Bonchev–Trinajstić information content (AvgIpc) is 2.34. The van der Waals surface area contributed by atoms with Crippen molar-refractivity contribution in [2.45, 2.75) is 17.8 Å². The molecule has 3 nitrogen and oxygen atoms in total. The Morgan fingerprint density at radius 1 is 0.850 bits per heavy atom. The first kappa shape index (κ1) is 18.2. The monoisotopic (exact) mass is 318 g/mol. The zero-order chi connectivity index (χ0) is 16.5. The number of carbonyl (C=O) groups is 2. The molecule has 0 aliphatic rings. The summed E-state index contributed by atoms with van der Waals surface area (Å²) in [5.41, 5.74) is 0. The summed E-state index contributed by atoms with van der Waals surface area (Å²) in [6.07, 6.45) is -3.72. The van der Waals surface area contributed by atoms with Gasteiger partial charge in [-0.2, -0.15) is 39.5 Å². The fourth-order valence-corrected chi connectivity index (χ4v) is 0.820. The quantitative estimate of drug-likeness (QED) is 0.445. The molecule has 12 heteroatoms. The van der Waals surface area contributed by atoms with Crippen molar-refractivity contribution in [1.29, 1.82) is 0 Å². The first-order chi connectivity index (χ1) is 8.75. The molecule has 0 aromatic carbocycles. The molecular weight excluding hydrogens is 315 g/mol. The van der Waals surface area contributed by atoms with Crippen LogP contribution in [0.4, 0.5) is 39.5 Å². The summed E-state index contributed by atoms with van der Waals surface area (Å²) in [7, 11) is 0.133. The number of ketones is 1. The molecule has 0 aromatic rings. The molecule has 0 aliphatic carbocycles. The summed E-state index contributed by atoms with van der Waals surface area (Å²) in [4.78, 5) is 20.7. The van der Waals surface area contributed by atoms with Crippen LogP contribution in [0.15, 0.2) is 11.9 Å².